The summed E-state index contributed by atoms with van der Waals surface area (Å²) in [6.07, 6.45) is 1.20. The van der Waals surface area contributed by atoms with Crippen molar-refractivity contribution < 1.29 is 13.2 Å². The summed E-state index contributed by atoms with van der Waals surface area (Å²) in [4.78, 5) is 11.5. The van der Waals surface area contributed by atoms with Crippen molar-refractivity contribution in [3.05, 3.63) is 59.7 Å². The third kappa shape index (κ3) is 5.18. The first-order valence-electron chi connectivity index (χ1n) is 7.65. The molecule has 0 spiro atoms. The van der Waals surface area contributed by atoms with Crippen LogP contribution in [0.1, 0.15) is 31.0 Å². The summed E-state index contributed by atoms with van der Waals surface area (Å²) >= 11 is 0. The van der Waals surface area contributed by atoms with Gasteiger partial charge in [-0.05, 0) is 42.3 Å². The maximum absolute atomic E-state index is 11.5. The fraction of sp³-hybridized carbons (Fsp3) is 0.278. The van der Waals surface area contributed by atoms with Gasteiger partial charge < -0.3 is 10.6 Å². The highest BCUT2D eigenvalue weighted by Gasteiger charge is 2.08. The maximum atomic E-state index is 11.5. The number of nitrogens with one attached hydrogen (secondary N) is 2. The van der Waals surface area contributed by atoms with Crippen LogP contribution in [0.4, 0.5) is 5.69 Å². The lowest BCUT2D eigenvalue weighted by Crippen LogP contribution is -2.18. The lowest BCUT2D eigenvalue weighted by Gasteiger charge is -2.15. The van der Waals surface area contributed by atoms with Gasteiger partial charge in [0.25, 0.3) is 0 Å². The first-order valence-corrected chi connectivity index (χ1v) is 9.55. The fourth-order valence-corrected chi connectivity index (χ4v) is 2.96. The SMILES string of the molecule is CC(=O)Nc1cccc(C(C)NCc2ccc(S(C)(=O)=O)cc2)c1. The van der Waals surface area contributed by atoms with Crippen LogP contribution in [0.3, 0.4) is 0 Å². The number of sulfone groups is 1. The summed E-state index contributed by atoms with van der Waals surface area (Å²) in [5.74, 6) is -0.0984. The molecule has 2 aromatic rings. The number of amides is 1. The van der Waals surface area contributed by atoms with Crippen LogP contribution in [0.5, 0.6) is 0 Å². The molecule has 2 rings (SSSR count). The summed E-state index contributed by atoms with van der Waals surface area (Å²) in [7, 11) is -3.16. The van der Waals surface area contributed by atoms with Gasteiger partial charge in [-0.3, -0.25) is 4.79 Å². The average molecular weight is 346 g/mol. The molecule has 5 nitrogen and oxygen atoms in total. The van der Waals surface area contributed by atoms with Gasteiger partial charge in [-0.15, -0.1) is 0 Å². The predicted molar refractivity (Wildman–Crippen MR) is 95.6 cm³/mol. The number of hydrogen-bond donors (Lipinski definition) is 2. The highest BCUT2D eigenvalue weighted by atomic mass is 32.2. The smallest absolute Gasteiger partial charge is 0.221 e. The standard InChI is InChI=1S/C18H22N2O3S/c1-13(16-5-4-6-17(11-16)20-14(2)21)19-12-15-7-9-18(10-8-15)24(3,22)23/h4-11,13,19H,12H2,1-3H3,(H,20,21). The van der Waals surface area contributed by atoms with Gasteiger partial charge in [0.05, 0.1) is 4.90 Å². The second-order valence-electron chi connectivity index (χ2n) is 5.83. The Kier molecular flexibility index (Phi) is 5.75. The number of carbonyl (C=O) groups excluding carboxylic acids is 1. The van der Waals surface area contributed by atoms with Crippen LogP contribution in [0.25, 0.3) is 0 Å². The van der Waals surface area contributed by atoms with E-state index < -0.39 is 9.84 Å². The summed E-state index contributed by atoms with van der Waals surface area (Å²) < 4.78 is 22.9. The molecule has 2 N–H and O–H groups in total. The van der Waals surface area contributed by atoms with E-state index in [1.165, 1.54) is 13.2 Å². The summed E-state index contributed by atoms with van der Waals surface area (Å²) in [5.41, 5.74) is 2.84. The number of benzene rings is 2. The molecule has 0 saturated heterocycles. The molecule has 6 heteroatoms. The van der Waals surface area contributed by atoms with Crippen molar-refractivity contribution in [3.8, 4) is 0 Å². The minimum atomic E-state index is -3.16. The van der Waals surface area contributed by atoms with Crippen molar-refractivity contribution in [2.24, 2.45) is 0 Å². The lowest BCUT2D eigenvalue weighted by atomic mass is 10.1. The van der Waals surface area contributed by atoms with Gasteiger partial charge >= 0.3 is 0 Å². The highest BCUT2D eigenvalue weighted by molar-refractivity contribution is 7.90. The Bertz CT molecular complexity index is 814. The van der Waals surface area contributed by atoms with Crippen molar-refractivity contribution in [2.75, 3.05) is 11.6 Å². The minimum Gasteiger partial charge on any atom is -0.326 e. The van der Waals surface area contributed by atoms with Crippen LogP contribution < -0.4 is 10.6 Å². The summed E-state index contributed by atoms with van der Waals surface area (Å²) in [6, 6.07) is 14.6. The van der Waals surface area contributed by atoms with Gasteiger partial charge in [-0.2, -0.15) is 0 Å². The molecule has 1 atom stereocenters. The monoisotopic (exact) mass is 346 g/mol. The van der Waals surface area contributed by atoms with E-state index in [4.69, 9.17) is 0 Å². The Balaban J connectivity index is 2.00. The molecule has 0 radical (unpaired) electrons. The van der Waals surface area contributed by atoms with Crippen molar-refractivity contribution in [2.45, 2.75) is 31.3 Å². The van der Waals surface area contributed by atoms with Crippen LogP contribution in [0.15, 0.2) is 53.4 Å². The predicted octanol–water partition coefficient (Wildman–Crippen LogP) is 2.90. The van der Waals surface area contributed by atoms with Gasteiger partial charge in [0.15, 0.2) is 9.84 Å². The Morgan fingerprint density at radius 1 is 1.12 bits per heavy atom. The van der Waals surface area contributed by atoms with Crippen molar-refractivity contribution in [1.29, 1.82) is 0 Å². The molecule has 0 aliphatic rings. The normalized spacial score (nSPS) is 12.6. The molecule has 0 saturated carbocycles. The zero-order valence-electron chi connectivity index (χ0n) is 14.0. The zero-order chi connectivity index (χ0) is 17.7. The summed E-state index contributed by atoms with van der Waals surface area (Å²) in [6.45, 7) is 4.14. The topological polar surface area (TPSA) is 75.3 Å². The molecule has 1 unspecified atom stereocenters. The first-order chi connectivity index (χ1) is 11.3. The average Bonchev–Trinajstić information content (AvgIpc) is 2.52. The molecule has 0 bridgehead atoms. The Hall–Kier alpha value is -2.18. The van der Waals surface area contributed by atoms with Gasteiger partial charge in [-0.25, -0.2) is 8.42 Å². The highest BCUT2D eigenvalue weighted by Crippen LogP contribution is 2.18. The molecular formula is C18H22N2O3S. The lowest BCUT2D eigenvalue weighted by molar-refractivity contribution is -0.114. The van der Waals surface area contributed by atoms with Crippen molar-refractivity contribution in [3.63, 3.8) is 0 Å². The number of anilines is 1. The molecule has 2 aromatic carbocycles. The molecule has 0 aromatic heterocycles. The second kappa shape index (κ2) is 7.59. The van der Waals surface area contributed by atoms with E-state index in [2.05, 4.69) is 10.6 Å². The van der Waals surface area contributed by atoms with Crippen LogP contribution in [0.2, 0.25) is 0 Å². The number of carbonyl (C=O) groups is 1. The van der Waals surface area contributed by atoms with Gasteiger partial charge in [0.1, 0.15) is 0 Å². The van der Waals surface area contributed by atoms with E-state index in [0.29, 0.717) is 11.4 Å². The van der Waals surface area contributed by atoms with E-state index in [0.717, 1.165) is 16.8 Å². The van der Waals surface area contributed by atoms with E-state index >= 15 is 0 Å². The van der Waals surface area contributed by atoms with Crippen LogP contribution >= 0.6 is 0 Å². The van der Waals surface area contributed by atoms with E-state index in [9.17, 15) is 13.2 Å². The van der Waals surface area contributed by atoms with Gasteiger partial charge in [0.2, 0.25) is 5.91 Å². The van der Waals surface area contributed by atoms with Crippen LogP contribution in [0, 0.1) is 0 Å². The quantitative estimate of drug-likeness (QED) is 0.843. The molecule has 0 aliphatic heterocycles. The molecule has 24 heavy (non-hydrogen) atoms. The third-order valence-corrected chi connectivity index (χ3v) is 4.80. The van der Waals surface area contributed by atoms with Crippen molar-refractivity contribution in [1.82, 2.24) is 5.32 Å². The molecular weight excluding hydrogens is 324 g/mol. The van der Waals surface area contributed by atoms with E-state index in [-0.39, 0.29) is 11.9 Å². The largest absolute Gasteiger partial charge is 0.326 e. The number of rotatable bonds is 6. The van der Waals surface area contributed by atoms with Crippen LogP contribution in [-0.4, -0.2) is 20.6 Å². The second-order valence-corrected chi connectivity index (χ2v) is 7.84. The Morgan fingerprint density at radius 2 is 1.79 bits per heavy atom. The van der Waals surface area contributed by atoms with Crippen LogP contribution in [-0.2, 0) is 21.2 Å². The van der Waals surface area contributed by atoms with E-state index in [1.807, 2.05) is 43.3 Å². The molecule has 1 amide bonds. The Morgan fingerprint density at radius 3 is 2.38 bits per heavy atom. The molecule has 0 fully saturated rings. The molecule has 0 heterocycles. The summed E-state index contributed by atoms with van der Waals surface area (Å²) in [5, 5.41) is 6.16. The minimum absolute atomic E-state index is 0.0910. The van der Waals surface area contributed by atoms with E-state index in [1.54, 1.807) is 12.1 Å². The Labute approximate surface area is 143 Å². The third-order valence-electron chi connectivity index (χ3n) is 3.67. The fourth-order valence-electron chi connectivity index (χ4n) is 2.33. The molecule has 0 aliphatic carbocycles. The molecule has 128 valence electrons. The maximum Gasteiger partial charge on any atom is 0.221 e. The van der Waals surface area contributed by atoms with Gasteiger partial charge in [-0.1, -0.05) is 24.3 Å². The number of hydrogen-bond acceptors (Lipinski definition) is 4. The zero-order valence-corrected chi connectivity index (χ0v) is 14.9. The van der Waals surface area contributed by atoms with Gasteiger partial charge in [0, 0.05) is 31.5 Å². The first kappa shape index (κ1) is 18.2. The van der Waals surface area contributed by atoms with Crippen molar-refractivity contribution >= 4 is 21.4 Å².